The molecule has 0 aliphatic carbocycles. The first-order valence-electron chi connectivity index (χ1n) is 6.73. The lowest BCUT2D eigenvalue weighted by Gasteiger charge is -2.20. The number of methoxy groups -OCH3 is 2. The van der Waals surface area contributed by atoms with Crippen molar-refractivity contribution in [3.8, 4) is 22.8 Å². The zero-order chi connectivity index (χ0) is 15.0. The average Bonchev–Trinajstić information content (AvgIpc) is 2.87. The zero-order valence-electron chi connectivity index (χ0n) is 12.3. The van der Waals surface area contributed by atoms with Crippen molar-refractivity contribution in [2.24, 2.45) is 0 Å². The highest BCUT2D eigenvalue weighted by molar-refractivity contribution is 5.88. The second-order valence-electron chi connectivity index (χ2n) is 4.93. The number of rotatable bonds is 3. The zero-order valence-corrected chi connectivity index (χ0v) is 12.3. The number of hydrogen-bond acceptors (Lipinski definition) is 4. The van der Waals surface area contributed by atoms with Gasteiger partial charge in [0.05, 0.1) is 19.9 Å². The fraction of sp³-hybridized carbons (Fsp3) is 0.333. The standard InChI is InChI=1S/C15H17N3O3/c1-9(19)16-15-8-12-11-7-14(21-3)13(20-2)6-10(11)4-5-18(12)17-15/h6-8H,4-5H2,1-3H3,(H,16,17,19). The van der Waals surface area contributed by atoms with Gasteiger partial charge in [-0.2, -0.15) is 5.10 Å². The van der Waals surface area contributed by atoms with Gasteiger partial charge in [0.2, 0.25) is 5.91 Å². The molecule has 6 nitrogen and oxygen atoms in total. The molecule has 2 heterocycles. The van der Waals surface area contributed by atoms with Gasteiger partial charge in [0.1, 0.15) is 0 Å². The Hall–Kier alpha value is -2.50. The number of nitrogens with zero attached hydrogens (tertiary/aromatic N) is 2. The molecule has 1 amide bonds. The predicted molar refractivity (Wildman–Crippen MR) is 78.8 cm³/mol. The van der Waals surface area contributed by atoms with Crippen LogP contribution in [0.25, 0.3) is 11.3 Å². The predicted octanol–water partition coefficient (Wildman–Crippen LogP) is 2.08. The maximum Gasteiger partial charge on any atom is 0.222 e. The van der Waals surface area contributed by atoms with E-state index in [9.17, 15) is 4.79 Å². The van der Waals surface area contributed by atoms with E-state index in [1.54, 1.807) is 14.2 Å². The second-order valence-corrected chi connectivity index (χ2v) is 4.93. The van der Waals surface area contributed by atoms with Crippen LogP contribution in [0.15, 0.2) is 18.2 Å². The quantitative estimate of drug-likeness (QED) is 0.938. The molecule has 0 fully saturated rings. The largest absolute Gasteiger partial charge is 0.493 e. The number of nitrogens with one attached hydrogen (secondary N) is 1. The summed E-state index contributed by atoms with van der Waals surface area (Å²) in [6, 6.07) is 5.84. The number of benzene rings is 1. The van der Waals surface area contributed by atoms with Crippen molar-refractivity contribution in [2.45, 2.75) is 19.9 Å². The van der Waals surface area contributed by atoms with Gasteiger partial charge in [-0.25, -0.2) is 0 Å². The minimum atomic E-state index is -0.127. The SMILES string of the molecule is COc1cc2c(cc1OC)-c1cc(NC(C)=O)nn1CC2. The number of anilines is 1. The van der Waals surface area contributed by atoms with Gasteiger partial charge in [0, 0.05) is 25.1 Å². The molecule has 1 aliphatic rings. The van der Waals surface area contributed by atoms with Crippen LogP contribution in [0.3, 0.4) is 0 Å². The number of amides is 1. The molecule has 0 atom stereocenters. The van der Waals surface area contributed by atoms with E-state index in [2.05, 4.69) is 10.4 Å². The van der Waals surface area contributed by atoms with E-state index in [-0.39, 0.29) is 5.91 Å². The molecule has 2 aromatic rings. The number of aromatic nitrogens is 2. The molecule has 110 valence electrons. The lowest BCUT2D eigenvalue weighted by molar-refractivity contribution is -0.114. The maximum absolute atomic E-state index is 11.2. The monoisotopic (exact) mass is 287 g/mol. The fourth-order valence-electron chi connectivity index (χ4n) is 2.64. The highest BCUT2D eigenvalue weighted by atomic mass is 16.5. The van der Waals surface area contributed by atoms with Crippen molar-refractivity contribution in [1.29, 1.82) is 0 Å². The molecule has 6 heteroatoms. The van der Waals surface area contributed by atoms with E-state index in [1.165, 1.54) is 12.5 Å². The summed E-state index contributed by atoms with van der Waals surface area (Å²) < 4.78 is 12.6. The summed E-state index contributed by atoms with van der Waals surface area (Å²) in [5, 5.41) is 7.12. The Labute approximate surface area is 122 Å². The van der Waals surface area contributed by atoms with E-state index < -0.39 is 0 Å². The maximum atomic E-state index is 11.2. The van der Waals surface area contributed by atoms with Gasteiger partial charge in [-0.3, -0.25) is 9.48 Å². The first-order valence-corrected chi connectivity index (χ1v) is 6.73. The third-order valence-corrected chi connectivity index (χ3v) is 3.56. The molecule has 1 N–H and O–H groups in total. The highest BCUT2D eigenvalue weighted by Crippen LogP contribution is 2.38. The summed E-state index contributed by atoms with van der Waals surface area (Å²) >= 11 is 0. The second kappa shape index (κ2) is 5.12. The number of ether oxygens (including phenoxy) is 2. The van der Waals surface area contributed by atoms with Gasteiger partial charge in [-0.1, -0.05) is 0 Å². The molecule has 0 unspecified atom stereocenters. The first kappa shape index (κ1) is 13.5. The Morgan fingerprint density at radius 2 is 1.95 bits per heavy atom. The lowest BCUT2D eigenvalue weighted by atomic mass is 9.98. The number of carbonyl (C=O) groups excluding carboxylic acids is 1. The van der Waals surface area contributed by atoms with E-state index >= 15 is 0 Å². The van der Waals surface area contributed by atoms with Gasteiger partial charge < -0.3 is 14.8 Å². The number of fused-ring (bicyclic) bond motifs is 3. The summed E-state index contributed by atoms with van der Waals surface area (Å²) in [5.74, 6) is 1.86. The Kier molecular flexibility index (Phi) is 3.29. The van der Waals surface area contributed by atoms with E-state index in [0.29, 0.717) is 11.6 Å². The Bertz CT molecular complexity index is 706. The molecule has 1 aromatic heterocycles. The summed E-state index contributed by atoms with van der Waals surface area (Å²) in [4.78, 5) is 11.2. The van der Waals surface area contributed by atoms with E-state index in [0.717, 1.165) is 30.0 Å². The van der Waals surface area contributed by atoms with Crippen LogP contribution >= 0.6 is 0 Å². The van der Waals surface area contributed by atoms with Gasteiger partial charge in [0.25, 0.3) is 0 Å². The smallest absolute Gasteiger partial charge is 0.222 e. The van der Waals surface area contributed by atoms with Crippen LogP contribution in [0.1, 0.15) is 12.5 Å². The minimum absolute atomic E-state index is 0.127. The van der Waals surface area contributed by atoms with Crippen molar-refractivity contribution in [1.82, 2.24) is 9.78 Å². The number of hydrogen-bond donors (Lipinski definition) is 1. The van der Waals surface area contributed by atoms with Gasteiger partial charge in [0.15, 0.2) is 17.3 Å². The van der Waals surface area contributed by atoms with Crippen LogP contribution in [0, 0.1) is 0 Å². The number of aryl methyl sites for hydroxylation is 2. The van der Waals surface area contributed by atoms with Crippen molar-refractivity contribution in [3.63, 3.8) is 0 Å². The molecule has 3 rings (SSSR count). The minimum Gasteiger partial charge on any atom is -0.493 e. The summed E-state index contributed by atoms with van der Waals surface area (Å²) in [6.07, 6.45) is 0.865. The first-order chi connectivity index (χ1) is 10.1. The normalized spacial score (nSPS) is 12.3. The van der Waals surface area contributed by atoms with Crippen LogP contribution in [-0.2, 0) is 17.8 Å². The average molecular weight is 287 g/mol. The van der Waals surface area contributed by atoms with Gasteiger partial charge in [-0.15, -0.1) is 0 Å². The summed E-state index contributed by atoms with van der Waals surface area (Å²) in [7, 11) is 3.25. The molecule has 0 saturated heterocycles. The molecule has 0 saturated carbocycles. The lowest BCUT2D eigenvalue weighted by Crippen LogP contribution is -2.13. The third kappa shape index (κ3) is 2.33. The molecule has 1 aliphatic heterocycles. The van der Waals surface area contributed by atoms with Crippen LogP contribution in [0.4, 0.5) is 5.82 Å². The fourth-order valence-corrected chi connectivity index (χ4v) is 2.64. The highest BCUT2D eigenvalue weighted by Gasteiger charge is 2.21. The summed E-state index contributed by atoms with van der Waals surface area (Å²) in [6.45, 7) is 2.25. The summed E-state index contributed by atoms with van der Waals surface area (Å²) in [5.41, 5.74) is 3.22. The van der Waals surface area contributed by atoms with Crippen LogP contribution in [-0.4, -0.2) is 29.9 Å². The van der Waals surface area contributed by atoms with Crippen molar-refractivity contribution in [2.75, 3.05) is 19.5 Å². The molecule has 0 bridgehead atoms. The van der Waals surface area contributed by atoms with E-state index in [4.69, 9.17) is 9.47 Å². The third-order valence-electron chi connectivity index (χ3n) is 3.56. The van der Waals surface area contributed by atoms with Gasteiger partial charge in [-0.05, 0) is 24.1 Å². The van der Waals surface area contributed by atoms with Crippen molar-refractivity contribution < 1.29 is 14.3 Å². The Balaban J connectivity index is 2.09. The molecule has 0 spiro atoms. The van der Waals surface area contributed by atoms with Crippen LogP contribution < -0.4 is 14.8 Å². The molecular weight excluding hydrogens is 270 g/mol. The van der Waals surface area contributed by atoms with Crippen LogP contribution in [0.2, 0.25) is 0 Å². The van der Waals surface area contributed by atoms with E-state index in [1.807, 2.05) is 22.9 Å². The molecule has 0 radical (unpaired) electrons. The van der Waals surface area contributed by atoms with Gasteiger partial charge >= 0.3 is 0 Å². The van der Waals surface area contributed by atoms with Crippen molar-refractivity contribution in [3.05, 3.63) is 23.8 Å². The Morgan fingerprint density at radius 1 is 1.24 bits per heavy atom. The van der Waals surface area contributed by atoms with Crippen LogP contribution in [0.5, 0.6) is 11.5 Å². The molecule has 21 heavy (non-hydrogen) atoms. The van der Waals surface area contributed by atoms with Crippen molar-refractivity contribution >= 4 is 11.7 Å². The number of carbonyl (C=O) groups is 1. The molecular formula is C15H17N3O3. The molecule has 1 aromatic carbocycles. The topological polar surface area (TPSA) is 65.4 Å². The Morgan fingerprint density at radius 3 is 2.62 bits per heavy atom.